The molecule has 0 aliphatic rings. The Balaban J connectivity index is 2.22. The van der Waals surface area contributed by atoms with Crippen LogP contribution >= 0.6 is 0 Å². The predicted molar refractivity (Wildman–Crippen MR) is 63.8 cm³/mol. The summed E-state index contributed by atoms with van der Waals surface area (Å²) in [6.45, 7) is 9.70. The third-order valence-electron chi connectivity index (χ3n) is 2.76. The quantitative estimate of drug-likeness (QED) is 0.775. The minimum absolute atomic E-state index is 0.567. The first-order valence-electron chi connectivity index (χ1n) is 5.86. The highest BCUT2D eigenvalue weighted by Crippen LogP contribution is 2.10. The van der Waals surface area contributed by atoms with Gasteiger partial charge in [-0.2, -0.15) is 0 Å². The van der Waals surface area contributed by atoms with Crippen LogP contribution in [-0.2, 0) is 6.54 Å². The van der Waals surface area contributed by atoms with Crippen molar-refractivity contribution in [2.75, 3.05) is 0 Å². The summed E-state index contributed by atoms with van der Waals surface area (Å²) in [6, 6.07) is 2.58. The maximum absolute atomic E-state index is 5.38. The SMILES string of the molecule is Cc1ccoc1CNC(C)CCC(C)C. The Morgan fingerprint density at radius 2 is 2.00 bits per heavy atom. The summed E-state index contributed by atoms with van der Waals surface area (Å²) in [5.74, 6) is 1.85. The Kier molecular flexibility index (Phi) is 4.89. The average molecular weight is 209 g/mol. The molecule has 2 heteroatoms. The first-order valence-corrected chi connectivity index (χ1v) is 5.86. The van der Waals surface area contributed by atoms with Gasteiger partial charge in [0.1, 0.15) is 5.76 Å². The van der Waals surface area contributed by atoms with Gasteiger partial charge in [-0.3, -0.25) is 0 Å². The van der Waals surface area contributed by atoms with E-state index in [1.54, 1.807) is 6.26 Å². The second kappa shape index (κ2) is 5.96. The van der Waals surface area contributed by atoms with Gasteiger partial charge in [0.15, 0.2) is 0 Å². The first kappa shape index (κ1) is 12.3. The minimum atomic E-state index is 0.567. The normalized spacial score (nSPS) is 13.4. The summed E-state index contributed by atoms with van der Waals surface area (Å²) in [6.07, 6.45) is 4.27. The van der Waals surface area contributed by atoms with Gasteiger partial charge in [0.05, 0.1) is 12.8 Å². The van der Waals surface area contributed by atoms with Crippen LogP contribution < -0.4 is 5.32 Å². The van der Waals surface area contributed by atoms with Crippen LogP contribution in [0, 0.1) is 12.8 Å². The van der Waals surface area contributed by atoms with E-state index in [9.17, 15) is 0 Å². The molecule has 0 saturated carbocycles. The van der Waals surface area contributed by atoms with E-state index < -0.39 is 0 Å². The zero-order chi connectivity index (χ0) is 11.3. The van der Waals surface area contributed by atoms with E-state index in [1.165, 1.54) is 18.4 Å². The van der Waals surface area contributed by atoms with E-state index in [0.29, 0.717) is 6.04 Å². The third-order valence-corrected chi connectivity index (χ3v) is 2.76. The van der Waals surface area contributed by atoms with Gasteiger partial charge in [0.25, 0.3) is 0 Å². The maximum atomic E-state index is 5.38. The lowest BCUT2D eigenvalue weighted by Crippen LogP contribution is -2.25. The molecule has 0 spiro atoms. The molecule has 1 aromatic rings. The van der Waals surface area contributed by atoms with Crippen molar-refractivity contribution in [1.82, 2.24) is 5.32 Å². The fourth-order valence-corrected chi connectivity index (χ4v) is 1.54. The van der Waals surface area contributed by atoms with E-state index in [4.69, 9.17) is 4.42 Å². The predicted octanol–water partition coefficient (Wildman–Crippen LogP) is 3.50. The van der Waals surface area contributed by atoms with Gasteiger partial charge < -0.3 is 9.73 Å². The average Bonchev–Trinajstić information content (AvgIpc) is 2.58. The molecule has 1 rings (SSSR count). The second-order valence-electron chi connectivity index (χ2n) is 4.78. The van der Waals surface area contributed by atoms with Gasteiger partial charge in [0.2, 0.25) is 0 Å². The van der Waals surface area contributed by atoms with Crippen molar-refractivity contribution in [3.63, 3.8) is 0 Å². The van der Waals surface area contributed by atoms with E-state index in [0.717, 1.165) is 18.2 Å². The third kappa shape index (κ3) is 4.52. The van der Waals surface area contributed by atoms with E-state index in [2.05, 4.69) is 33.0 Å². The molecule has 1 heterocycles. The molecule has 0 aromatic carbocycles. The molecule has 0 aliphatic heterocycles. The summed E-state index contributed by atoms with van der Waals surface area (Å²) in [7, 11) is 0. The van der Waals surface area contributed by atoms with Gasteiger partial charge in [-0.25, -0.2) is 0 Å². The van der Waals surface area contributed by atoms with Crippen molar-refractivity contribution in [2.45, 2.75) is 53.1 Å². The molecular weight excluding hydrogens is 186 g/mol. The molecule has 1 aromatic heterocycles. The maximum Gasteiger partial charge on any atom is 0.120 e. The molecule has 1 atom stereocenters. The topological polar surface area (TPSA) is 25.2 Å². The van der Waals surface area contributed by atoms with Crippen molar-refractivity contribution < 1.29 is 4.42 Å². The largest absolute Gasteiger partial charge is 0.468 e. The molecule has 0 aliphatic carbocycles. The standard InChI is InChI=1S/C13H23NO/c1-10(2)5-6-12(4)14-9-13-11(3)7-8-15-13/h7-8,10,12,14H,5-6,9H2,1-4H3. The molecule has 0 amide bonds. The molecule has 1 unspecified atom stereocenters. The molecule has 0 saturated heterocycles. The van der Waals surface area contributed by atoms with Crippen LogP contribution in [0.2, 0.25) is 0 Å². The Bertz CT molecular complexity index is 278. The first-order chi connectivity index (χ1) is 7.09. The van der Waals surface area contributed by atoms with Crippen LogP contribution in [0.5, 0.6) is 0 Å². The Hall–Kier alpha value is -0.760. The number of furan rings is 1. The highest BCUT2D eigenvalue weighted by Gasteiger charge is 2.06. The van der Waals surface area contributed by atoms with Crippen LogP contribution in [0.15, 0.2) is 16.7 Å². The summed E-state index contributed by atoms with van der Waals surface area (Å²) >= 11 is 0. The van der Waals surface area contributed by atoms with Crippen LogP contribution in [0.3, 0.4) is 0 Å². The zero-order valence-corrected chi connectivity index (χ0v) is 10.3. The summed E-state index contributed by atoms with van der Waals surface area (Å²) in [5.41, 5.74) is 1.23. The van der Waals surface area contributed by atoms with Crippen LogP contribution in [-0.4, -0.2) is 6.04 Å². The lowest BCUT2D eigenvalue weighted by Gasteiger charge is -2.14. The number of hydrogen-bond donors (Lipinski definition) is 1. The Morgan fingerprint density at radius 1 is 1.27 bits per heavy atom. The molecule has 0 bridgehead atoms. The fourth-order valence-electron chi connectivity index (χ4n) is 1.54. The molecule has 86 valence electrons. The number of hydrogen-bond acceptors (Lipinski definition) is 2. The van der Waals surface area contributed by atoms with Crippen molar-refractivity contribution in [3.05, 3.63) is 23.7 Å². The Morgan fingerprint density at radius 3 is 2.53 bits per heavy atom. The van der Waals surface area contributed by atoms with Crippen LogP contribution in [0.4, 0.5) is 0 Å². The van der Waals surface area contributed by atoms with E-state index in [-0.39, 0.29) is 0 Å². The summed E-state index contributed by atoms with van der Waals surface area (Å²) < 4.78 is 5.38. The molecule has 2 nitrogen and oxygen atoms in total. The monoisotopic (exact) mass is 209 g/mol. The molecule has 1 N–H and O–H groups in total. The van der Waals surface area contributed by atoms with Crippen molar-refractivity contribution in [1.29, 1.82) is 0 Å². The van der Waals surface area contributed by atoms with Crippen molar-refractivity contribution >= 4 is 0 Å². The molecule has 15 heavy (non-hydrogen) atoms. The summed E-state index contributed by atoms with van der Waals surface area (Å²) in [4.78, 5) is 0. The number of nitrogens with one attached hydrogen (secondary N) is 1. The highest BCUT2D eigenvalue weighted by atomic mass is 16.3. The number of aryl methyl sites for hydroxylation is 1. The lowest BCUT2D eigenvalue weighted by molar-refractivity contribution is 0.417. The van der Waals surface area contributed by atoms with Gasteiger partial charge in [0, 0.05) is 6.04 Å². The highest BCUT2D eigenvalue weighted by molar-refractivity contribution is 5.14. The number of rotatable bonds is 6. The second-order valence-corrected chi connectivity index (χ2v) is 4.78. The molecule has 0 fully saturated rings. The van der Waals surface area contributed by atoms with E-state index >= 15 is 0 Å². The molecule has 0 radical (unpaired) electrons. The van der Waals surface area contributed by atoms with Crippen LogP contribution in [0.1, 0.15) is 44.9 Å². The van der Waals surface area contributed by atoms with Gasteiger partial charge in [-0.15, -0.1) is 0 Å². The zero-order valence-electron chi connectivity index (χ0n) is 10.3. The van der Waals surface area contributed by atoms with Gasteiger partial charge >= 0.3 is 0 Å². The fraction of sp³-hybridized carbons (Fsp3) is 0.692. The van der Waals surface area contributed by atoms with E-state index in [1.807, 2.05) is 6.07 Å². The van der Waals surface area contributed by atoms with Gasteiger partial charge in [-0.05, 0) is 44.2 Å². The Labute approximate surface area is 93.1 Å². The smallest absolute Gasteiger partial charge is 0.120 e. The lowest BCUT2D eigenvalue weighted by atomic mass is 10.0. The van der Waals surface area contributed by atoms with Crippen molar-refractivity contribution in [3.8, 4) is 0 Å². The summed E-state index contributed by atoms with van der Waals surface area (Å²) in [5, 5.41) is 3.49. The van der Waals surface area contributed by atoms with Crippen LogP contribution in [0.25, 0.3) is 0 Å². The van der Waals surface area contributed by atoms with Gasteiger partial charge in [-0.1, -0.05) is 13.8 Å². The minimum Gasteiger partial charge on any atom is -0.468 e. The molecular formula is C13H23NO. The van der Waals surface area contributed by atoms with Crippen molar-refractivity contribution in [2.24, 2.45) is 5.92 Å².